The highest BCUT2D eigenvalue weighted by molar-refractivity contribution is 7.89. The summed E-state index contributed by atoms with van der Waals surface area (Å²) in [5, 5.41) is 11.7. The average Bonchev–Trinajstić information content (AvgIpc) is 3.38. The second-order valence-corrected chi connectivity index (χ2v) is 14.2. The first-order chi connectivity index (χ1) is 19.2. The molecule has 1 aliphatic carbocycles. The van der Waals surface area contributed by atoms with E-state index in [9.17, 15) is 13.5 Å². The number of rotatable bonds is 10. The minimum absolute atomic E-state index is 0.0844. The summed E-state index contributed by atoms with van der Waals surface area (Å²) in [4.78, 5) is 2.73. The van der Waals surface area contributed by atoms with Crippen molar-refractivity contribution in [2.75, 3.05) is 26.7 Å². The lowest BCUT2D eigenvalue weighted by Gasteiger charge is -2.40. The number of piperidine rings is 1. The number of hydrogen-bond donors (Lipinski definition) is 1. The first-order valence-corrected chi connectivity index (χ1v) is 16.3. The summed E-state index contributed by atoms with van der Waals surface area (Å²) in [5.74, 6) is 0.628. The highest BCUT2D eigenvalue weighted by atomic mass is 35.5. The highest BCUT2D eigenvalue weighted by Gasteiger charge is 2.42. The van der Waals surface area contributed by atoms with E-state index in [2.05, 4.69) is 53.4 Å². The molecule has 0 bridgehead atoms. The quantitative estimate of drug-likeness (QED) is 0.303. The van der Waals surface area contributed by atoms with Crippen molar-refractivity contribution in [2.45, 2.75) is 67.4 Å². The minimum atomic E-state index is -3.65. The molecule has 3 aromatic carbocycles. The maximum atomic E-state index is 13.5. The SMILES string of the molecule is CN(C1C[C@H](CN2CCC(O)(CCCc3ccccc3)CC2)[C@@H](c2ccccc2)C1)S(=O)(=O)c1cccc(Cl)c1. The van der Waals surface area contributed by atoms with Crippen molar-refractivity contribution in [3.05, 3.63) is 101 Å². The molecule has 2 fully saturated rings. The summed E-state index contributed by atoms with van der Waals surface area (Å²) >= 11 is 6.12. The monoisotopic (exact) mass is 580 g/mol. The Kier molecular flexibility index (Phi) is 9.33. The van der Waals surface area contributed by atoms with Gasteiger partial charge in [-0.05, 0) is 86.1 Å². The van der Waals surface area contributed by atoms with E-state index in [-0.39, 0.29) is 16.9 Å². The molecule has 0 spiro atoms. The Morgan fingerprint density at radius 3 is 2.30 bits per heavy atom. The van der Waals surface area contributed by atoms with Crippen LogP contribution >= 0.6 is 11.6 Å². The number of nitrogens with zero attached hydrogens (tertiary/aromatic N) is 2. The third-order valence-corrected chi connectivity index (χ3v) is 11.3. The Morgan fingerprint density at radius 1 is 0.950 bits per heavy atom. The molecule has 5 nitrogen and oxygen atoms in total. The number of aliphatic hydroxyl groups is 1. The predicted octanol–water partition coefficient (Wildman–Crippen LogP) is 6.37. The number of halogens is 1. The fourth-order valence-electron chi connectivity index (χ4n) is 6.69. The molecule has 40 heavy (non-hydrogen) atoms. The van der Waals surface area contributed by atoms with Crippen molar-refractivity contribution >= 4 is 21.6 Å². The van der Waals surface area contributed by atoms with Gasteiger partial charge in [-0.1, -0.05) is 78.3 Å². The van der Waals surface area contributed by atoms with Gasteiger partial charge in [0.05, 0.1) is 10.5 Å². The van der Waals surface area contributed by atoms with Crippen molar-refractivity contribution in [1.82, 2.24) is 9.21 Å². The maximum Gasteiger partial charge on any atom is 0.243 e. The van der Waals surface area contributed by atoms with E-state index in [4.69, 9.17) is 11.6 Å². The Morgan fingerprint density at radius 2 is 1.62 bits per heavy atom. The van der Waals surface area contributed by atoms with Gasteiger partial charge in [-0.3, -0.25) is 0 Å². The lowest BCUT2D eigenvalue weighted by atomic mass is 9.84. The molecule has 2 aliphatic rings. The van der Waals surface area contributed by atoms with Crippen LogP contribution in [0.15, 0.2) is 89.8 Å². The summed E-state index contributed by atoms with van der Waals surface area (Å²) < 4.78 is 28.5. The molecule has 1 N–H and O–H groups in total. The van der Waals surface area contributed by atoms with Gasteiger partial charge in [-0.15, -0.1) is 0 Å². The second-order valence-electron chi connectivity index (χ2n) is 11.7. The van der Waals surface area contributed by atoms with Crippen LogP contribution in [0, 0.1) is 5.92 Å². The van der Waals surface area contributed by atoms with E-state index in [0.29, 0.717) is 10.9 Å². The van der Waals surface area contributed by atoms with Crippen molar-refractivity contribution in [1.29, 1.82) is 0 Å². The zero-order valence-corrected chi connectivity index (χ0v) is 24.9. The van der Waals surface area contributed by atoms with E-state index < -0.39 is 15.6 Å². The second kappa shape index (κ2) is 12.7. The van der Waals surface area contributed by atoms with Crippen LogP contribution in [0.4, 0.5) is 0 Å². The minimum Gasteiger partial charge on any atom is -0.390 e. The van der Waals surface area contributed by atoms with Crippen molar-refractivity contribution < 1.29 is 13.5 Å². The number of benzene rings is 3. The third-order valence-electron chi connectivity index (χ3n) is 9.11. The van der Waals surface area contributed by atoms with E-state index in [1.165, 1.54) is 17.2 Å². The van der Waals surface area contributed by atoms with E-state index in [1.54, 1.807) is 29.6 Å². The summed E-state index contributed by atoms with van der Waals surface area (Å²) in [5.41, 5.74) is 2.01. The van der Waals surface area contributed by atoms with Gasteiger partial charge in [0.1, 0.15) is 0 Å². The van der Waals surface area contributed by atoms with Crippen LogP contribution in [-0.4, -0.2) is 61.1 Å². The number of likely N-dealkylation sites (tertiary alicyclic amines) is 1. The Hall–Kier alpha value is -2.22. The molecule has 3 aromatic rings. The van der Waals surface area contributed by atoms with Crippen LogP contribution in [0.5, 0.6) is 0 Å². The average molecular weight is 581 g/mol. The number of sulfonamides is 1. The molecule has 1 heterocycles. The number of aryl methyl sites for hydroxylation is 1. The molecule has 0 radical (unpaired) electrons. The molecule has 1 saturated carbocycles. The zero-order valence-electron chi connectivity index (χ0n) is 23.3. The van der Waals surface area contributed by atoms with E-state index in [1.807, 2.05) is 12.1 Å². The molecular formula is C33H41ClN2O3S. The van der Waals surface area contributed by atoms with Gasteiger partial charge >= 0.3 is 0 Å². The smallest absolute Gasteiger partial charge is 0.243 e. The molecule has 1 unspecified atom stereocenters. The molecule has 0 aromatic heterocycles. The van der Waals surface area contributed by atoms with Gasteiger partial charge in [0.25, 0.3) is 0 Å². The summed E-state index contributed by atoms with van der Waals surface area (Å²) in [7, 11) is -1.94. The van der Waals surface area contributed by atoms with Crippen LogP contribution < -0.4 is 0 Å². The Bertz CT molecular complexity index is 1340. The first-order valence-electron chi connectivity index (χ1n) is 14.5. The molecule has 0 amide bonds. The largest absolute Gasteiger partial charge is 0.390 e. The van der Waals surface area contributed by atoms with Gasteiger partial charge in [-0.25, -0.2) is 8.42 Å². The Balaban J connectivity index is 1.22. The molecule has 7 heteroatoms. The number of hydrogen-bond acceptors (Lipinski definition) is 4. The van der Waals surface area contributed by atoms with Gasteiger partial charge in [0.15, 0.2) is 0 Å². The molecule has 214 valence electrons. The van der Waals surface area contributed by atoms with E-state index in [0.717, 1.165) is 64.6 Å². The fraction of sp³-hybridized carbons (Fsp3) is 0.455. The summed E-state index contributed by atoms with van der Waals surface area (Å²) in [6, 6.07) is 27.5. The normalized spacial score (nSPS) is 23.4. The van der Waals surface area contributed by atoms with Gasteiger partial charge < -0.3 is 10.0 Å². The van der Waals surface area contributed by atoms with Crippen LogP contribution in [-0.2, 0) is 16.4 Å². The summed E-state index contributed by atoms with van der Waals surface area (Å²) in [6.45, 7) is 2.67. The highest BCUT2D eigenvalue weighted by Crippen LogP contribution is 2.43. The molecular weight excluding hydrogens is 540 g/mol. The maximum absolute atomic E-state index is 13.5. The van der Waals surface area contributed by atoms with Crippen molar-refractivity contribution in [2.24, 2.45) is 5.92 Å². The predicted molar refractivity (Wildman–Crippen MR) is 162 cm³/mol. The first kappa shape index (κ1) is 29.3. The Labute approximate surface area is 244 Å². The summed E-state index contributed by atoms with van der Waals surface area (Å²) in [6.07, 6.45) is 6.01. The van der Waals surface area contributed by atoms with Gasteiger partial charge in [0, 0.05) is 37.7 Å². The van der Waals surface area contributed by atoms with Crippen molar-refractivity contribution in [3.8, 4) is 0 Å². The molecule has 1 saturated heterocycles. The topological polar surface area (TPSA) is 60.9 Å². The van der Waals surface area contributed by atoms with Crippen LogP contribution in [0.1, 0.15) is 55.6 Å². The zero-order chi connectivity index (χ0) is 28.2. The van der Waals surface area contributed by atoms with E-state index >= 15 is 0 Å². The lowest BCUT2D eigenvalue weighted by Crippen LogP contribution is -2.46. The fourth-order valence-corrected chi connectivity index (χ4v) is 8.37. The van der Waals surface area contributed by atoms with Crippen LogP contribution in [0.3, 0.4) is 0 Å². The van der Waals surface area contributed by atoms with Gasteiger partial charge in [0.2, 0.25) is 10.0 Å². The molecule has 5 rings (SSSR count). The van der Waals surface area contributed by atoms with Crippen LogP contribution in [0.2, 0.25) is 5.02 Å². The molecule has 1 aliphatic heterocycles. The standard InChI is InChI=1S/C33H41ClN2O3S/c1-35(40(38,39)31-16-8-15-29(34)23-31)30-22-28(32(24-30)27-13-6-3-7-14-27)25-36-20-18-33(37,19-21-36)17-9-12-26-10-4-2-5-11-26/h2-8,10-11,13-16,23,28,30,32,37H,9,12,17-22,24-25H2,1H3/t28-,30?,32-/m1/s1. The van der Waals surface area contributed by atoms with Crippen molar-refractivity contribution in [3.63, 3.8) is 0 Å². The third kappa shape index (κ3) is 6.97. The lowest BCUT2D eigenvalue weighted by molar-refractivity contribution is -0.0318. The van der Waals surface area contributed by atoms with Crippen LogP contribution in [0.25, 0.3) is 0 Å². The van der Waals surface area contributed by atoms with Gasteiger partial charge in [-0.2, -0.15) is 4.31 Å². The molecule has 3 atom stereocenters.